The van der Waals surface area contributed by atoms with Crippen molar-refractivity contribution >= 4 is 6.08 Å². The molecule has 0 fully saturated rings. The van der Waals surface area contributed by atoms with Crippen molar-refractivity contribution in [3.63, 3.8) is 0 Å². The molecule has 1 N–H and O–H groups in total. The lowest BCUT2D eigenvalue weighted by Crippen LogP contribution is -2.07. The molecule has 3 heteroatoms. The summed E-state index contributed by atoms with van der Waals surface area (Å²) < 4.78 is 20.4. The summed E-state index contributed by atoms with van der Waals surface area (Å²) in [7, 11) is 0. The van der Waals surface area contributed by atoms with E-state index in [0.29, 0.717) is 18.3 Å². The molecule has 0 saturated heterocycles. The van der Waals surface area contributed by atoms with E-state index in [9.17, 15) is 9.50 Å². The lowest BCUT2D eigenvalue weighted by Gasteiger charge is -2.25. The Bertz CT molecular complexity index is 1080. The summed E-state index contributed by atoms with van der Waals surface area (Å²) in [5, 5.41) is 10.4. The zero-order chi connectivity index (χ0) is 23.3. The molecule has 0 atom stereocenters. The largest absolute Gasteiger partial charge is 0.488 e. The van der Waals surface area contributed by atoms with Gasteiger partial charge in [-0.3, -0.25) is 0 Å². The number of aliphatic hydroxyl groups is 1. The smallest absolute Gasteiger partial charge is 0.130 e. The molecule has 32 heavy (non-hydrogen) atoms. The van der Waals surface area contributed by atoms with Gasteiger partial charge in [-0.05, 0) is 64.3 Å². The van der Waals surface area contributed by atoms with Gasteiger partial charge in [0.2, 0.25) is 0 Å². The number of hydrogen-bond acceptors (Lipinski definition) is 2. The summed E-state index contributed by atoms with van der Waals surface area (Å²) in [6.45, 7) is 10.8. The molecule has 3 rings (SSSR count). The molecule has 3 aromatic rings. The molecule has 0 aliphatic rings. The maximum atomic E-state index is 14.3. The third-order valence-corrected chi connectivity index (χ3v) is 5.73. The fraction of sp³-hybridized carbons (Fsp3) is 0.310. The Morgan fingerprint density at radius 1 is 0.938 bits per heavy atom. The number of aliphatic hydroxyl groups excluding tert-OH is 1. The van der Waals surface area contributed by atoms with Crippen LogP contribution >= 0.6 is 0 Å². The highest BCUT2D eigenvalue weighted by Crippen LogP contribution is 2.43. The standard InChI is InChI=1S/C29H33FO2/c1-6-10-23-25(19(2)3)16-26(20(4)5)27(17-31)29(23)24-14-13-22(30)15-28(24)32-18-21-11-8-7-9-12-21/h6-16,19-20,31H,17-18H2,1-5H3. The van der Waals surface area contributed by atoms with Gasteiger partial charge in [0.05, 0.1) is 6.61 Å². The second kappa shape index (κ2) is 10.6. The second-order valence-corrected chi connectivity index (χ2v) is 8.70. The summed E-state index contributed by atoms with van der Waals surface area (Å²) in [6, 6.07) is 16.7. The van der Waals surface area contributed by atoms with E-state index < -0.39 is 0 Å². The molecular weight excluding hydrogens is 399 g/mol. The minimum absolute atomic E-state index is 0.0960. The first-order valence-electron chi connectivity index (χ1n) is 11.3. The monoisotopic (exact) mass is 432 g/mol. The summed E-state index contributed by atoms with van der Waals surface area (Å²) >= 11 is 0. The van der Waals surface area contributed by atoms with Gasteiger partial charge >= 0.3 is 0 Å². The molecule has 3 aromatic carbocycles. The lowest BCUT2D eigenvalue weighted by atomic mass is 9.81. The van der Waals surface area contributed by atoms with Gasteiger partial charge in [0, 0.05) is 11.6 Å². The first-order chi connectivity index (χ1) is 15.4. The summed E-state index contributed by atoms with van der Waals surface area (Å²) in [5.41, 5.74) is 6.96. The van der Waals surface area contributed by atoms with Crippen LogP contribution in [-0.2, 0) is 13.2 Å². The van der Waals surface area contributed by atoms with Gasteiger partial charge in [-0.25, -0.2) is 4.39 Å². The van der Waals surface area contributed by atoms with Crippen LogP contribution in [0.4, 0.5) is 4.39 Å². The highest BCUT2D eigenvalue weighted by atomic mass is 19.1. The van der Waals surface area contributed by atoms with Crippen LogP contribution in [0.15, 0.2) is 60.7 Å². The van der Waals surface area contributed by atoms with Gasteiger partial charge in [0.15, 0.2) is 0 Å². The third kappa shape index (κ3) is 5.11. The highest BCUT2D eigenvalue weighted by molar-refractivity contribution is 5.84. The Labute approximate surface area is 191 Å². The van der Waals surface area contributed by atoms with E-state index >= 15 is 0 Å². The summed E-state index contributed by atoms with van der Waals surface area (Å²) in [5.74, 6) is 0.658. The third-order valence-electron chi connectivity index (χ3n) is 5.73. The summed E-state index contributed by atoms with van der Waals surface area (Å²) in [6.07, 6.45) is 4.09. The van der Waals surface area contributed by atoms with Crippen molar-refractivity contribution in [3.05, 3.63) is 94.3 Å². The molecule has 0 aliphatic carbocycles. The Kier molecular flexibility index (Phi) is 7.87. The minimum atomic E-state index is -0.348. The zero-order valence-electron chi connectivity index (χ0n) is 19.7. The maximum absolute atomic E-state index is 14.3. The van der Waals surface area contributed by atoms with Gasteiger partial charge in [-0.2, -0.15) is 0 Å². The molecule has 0 spiro atoms. The van der Waals surface area contributed by atoms with Crippen molar-refractivity contribution in [2.24, 2.45) is 0 Å². The first-order valence-corrected chi connectivity index (χ1v) is 11.3. The van der Waals surface area contributed by atoms with E-state index in [1.165, 1.54) is 17.7 Å². The van der Waals surface area contributed by atoms with Crippen LogP contribution < -0.4 is 4.74 Å². The van der Waals surface area contributed by atoms with E-state index in [1.54, 1.807) is 6.07 Å². The van der Waals surface area contributed by atoms with Crippen molar-refractivity contribution in [1.82, 2.24) is 0 Å². The van der Waals surface area contributed by atoms with E-state index in [2.05, 4.69) is 39.8 Å². The predicted octanol–water partition coefficient (Wildman–Crippen LogP) is 7.84. The number of ether oxygens (including phenoxy) is 1. The number of hydrogen-bond donors (Lipinski definition) is 1. The zero-order valence-corrected chi connectivity index (χ0v) is 19.7. The number of rotatable bonds is 8. The van der Waals surface area contributed by atoms with Crippen molar-refractivity contribution in [1.29, 1.82) is 0 Å². The first kappa shape index (κ1) is 23.7. The number of benzene rings is 3. The van der Waals surface area contributed by atoms with E-state index in [0.717, 1.165) is 33.4 Å². The Morgan fingerprint density at radius 3 is 2.22 bits per heavy atom. The molecule has 0 bridgehead atoms. The fourth-order valence-corrected chi connectivity index (χ4v) is 4.16. The van der Waals surface area contributed by atoms with Crippen LogP contribution in [0.25, 0.3) is 17.2 Å². The molecule has 0 aliphatic heterocycles. The average molecular weight is 433 g/mol. The average Bonchev–Trinajstić information content (AvgIpc) is 2.78. The van der Waals surface area contributed by atoms with E-state index in [-0.39, 0.29) is 18.3 Å². The molecular formula is C29H33FO2. The molecule has 0 aromatic heterocycles. The molecule has 0 radical (unpaired) electrons. The molecule has 0 heterocycles. The van der Waals surface area contributed by atoms with Crippen LogP contribution in [0.5, 0.6) is 5.75 Å². The molecule has 2 nitrogen and oxygen atoms in total. The van der Waals surface area contributed by atoms with Crippen molar-refractivity contribution in [2.75, 3.05) is 0 Å². The van der Waals surface area contributed by atoms with Crippen LogP contribution in [0, 0.1) is 5.82 Å². The normalized spacial score (nSPS) is 11.7. The van der Waals surface area contributed by atoms with Crippen molar-refractivity contribution in [3.8, 4) is 16.9 Å². The van der Waals surface area contributed by atoms with Gasteiger partial charge in [0.1, 0.15) is 18.2 Å². The molecule has 168 valence electrons. The van der Waals surface area contributed by atoms with Gasteiger partial charge < -0.3 is 9.84 Å². The van der Waals surface area contributed by atoms with Crippen LogP contribution in [0.3, 0.4) is 0 Å². The molecule has 0 amide bonds. The van der Waals surface area contributed by atoms with Crippen LogP contribution in [-0.4, -0.2) is 5.11 Å². The second-order valence-electron chi connectivity index (χ2n) is 8.70. The number of allylic oxidation sites excluding steroid dienone is 1. The molecule has 0 saturated carbocycles. The SMILES string of the molecule is CC=Cc1c(C(C)C)cc(C(C)C)c(CO)c1-c1ccc(F)cc1OCc1ccccc1. The number of halogens is 1. The van der Waals surface area contributed by atoms with Crippen LogP contribution in [0.2, 0.25) is 0 Å². The van der Waals surface area contributed by atoms with E-state index in [1.807, 2.05) is 43.3 Å². The van der Waals surface area contributed by atoms with Gasteiger partial charge in [-0.15, -0.1) is 0 Å². The minimum Gasteiger partial charge on any atom is -0.488 e. The Balaban J connectivity index is 2.28. The quantitative estimate of drug-likeness (QED) is 0.393. The Morgan fingerprint density at radius 2 is 1.62 bits per heavy atom. The van der Waals surface area contributed by atoms with Crippen LogP contribution in [0.1, 0.15) is 74.3 Å². The van der Waals surface area contributed by atoms with Gasteiger partial charge in [-0.1, -0.05) is 76.2 Å². The highest BCUT2D eigenvalue weighted by Gasteiger charge is 2.23. The van der Waals surface area contributed by atoms with Crippen molar-refractivity contribution in [2.45, 2.75) is 59.7 Å². The van der Waals surface area contributed by atoms with Crippen molar-refractivity contribution < 1.29 is 14.2 Å². The summed E-state index contributed by atoms with van der Waals surface area (Å²) in [4.78, 5) is 0. The lowest BCUT2D eigenvalue weighted by molar-refractivity contribution is 0.280. The maximum Gasteiger partial charge on any atom is 0.130 e. The molecule has 0 unspecified atom stereocenters. The van der Waals surface area contributed by atoms with E-state index in [4.69, 9.17) is 4.74 Å². The topological polar surface area (TPSA) is 29.5 Å². The Hall–Kier alpha value is -2.91. The van der Waals surface area contributed by atoms with Gasteiger partial charge in [0.25, 0.3) is 0 Å². The fourth-order valence-electron chi connectivity index (χ4n) is 4.16. The predicted molar refractivity (Wildman–Crippen MR) is 131 cm³/mol.